The summed E-state index contributed by atoms with van der Waals surface area (Å²) in [7, 11) is 1.51. The monoisotopic (exact) mass is 380 g/mol. The van der Waals surface area contributed by atoms with Gasteiger partial charge in [-0.1, -0.05) is 12.1 Å². The summed E-state index contributed by atoms with van der Waals surface area (Å²) < 4.78 is 40.3. The van der Waals surface area contributed by atoms with Crippen molar-refractivity contribution in [2.24, 2.45) is 0 Å². The van der Waals surface area contributed by atoms with Crippen molar-refractivity contribution in [1.29, 1.82) is 0 Å². The molecule has 4 rings (SSSR count). The molecule has 27 heavy (non-hydrogen) atoms. The number of carbonyl (C=O) groups excluding carboxylic acids is 1. The lowest BCUT2D eigenvalue weighted by Crippen LogP contribution is -2.58. The Balaban J connectivity index is 1.59. The van der Waals surface area contributed by atoms with Gasteiger partial charge in [-0.3, -0.25) is 0 Å². The van der Waals surface area contributed by atoms with Crippen LogP contribution in [0.1, 0.15) is 27.7 Å². The van der Waals surface area contributed by atoms with Gasteiger partial charge in [0.1, 0.15) is 18.3 Å². The highest BCUT2D eigenvalue weighted by Crippen LogP contribution is 2.44. The van der Waals surface area contributed by atoms with E-state index in [-0.39, 0.29) is 0 Å². The average molecular weight is 380 g/mol. The van der Waals surface area contributed by atoms with Gasteiger partial charge in [-0.15, -0.1) is 0 Å². The number of carbonyl (C=O) groups is 1. The van der Waals surface area contributed by atoms with Crippen molar-refractivity contribution < 1.29 is 38.0 Å². The zero-order valence-corrected chi connectivity index (χ0v) is 16.0. The first-order valence-corrected chi connectivity index (χ1v) is 8.90. The Hall–Kier alpha value is -1.71. The second kappa shape index (κ2) is 6.42. The van der Waals surface area contributed by atoms with E-state index in [9.17, 15) is 4.79 Å². The standard InChI is InChI=1S/C19H24O8/c1-18(2)24-12-13(25-18)15-17(27-19(3,4)26-15)23-14(12)16(20)22-11-9-7-6-8-10(11)21-5/h6-9,12-15,17H,1-5H3/t12-,13+,14-,15-,17-/m0/s1. The minimum absolute atomic E-state index is 0.300. The zero-order valence-electron chi connectivity index (χ0n) is 16.0. The van der Waals surface area contributed by atoms with Crippen LogP contribution < -0.4 is 9.47 Å². The van der Waals surface area contributed by atoms with Crippen LogP contribution in [-0.2, 0) is 28.5 Å². The molecule has 0 amide bonds. The second-order valence-electron chi connectivity index (χ2n) is 7.66. The summed E-state index contributed by atoms with van der Waals surface area (Å²) in [5.74, 6) is -1.59. The number of ether oxygens (including phenoxy) is 7. The number of rotatable bonds is 3. The highest BCUT2D eigenvalue weighted by Gasteiger charge is 2.62. The van der Waals surface area contributed by atoms with Crippen molar-refractivity contribution >= 4 is 5.97 Å². The van der Waals surface area contributed by atoms with Crippen LogP contribution in [0, 0.1) is 0 Å². The van der Waals surface area contributed by atoms with Gasteiger partial charge in [0.25, 0.3) is 0 Å². The fourth-order valence-corrected chi connectivity index (χ4v) is 3.67. The molecule has 5 atom stereocenters. The van der Waals surface area contributed by atoms with Crippen molar-refractivity contribution in [2.45, 2.75) is 70.0 Å². The van der Waals surface area contributed by atoms with E-state index in [0.29, 0.717) is 11.5 Å². The molecule has 1 aromatic carbocycles. The normalized spacial score (nSPS) is 36.0. The number of hydrogen-bond donors (Lipinski definition) is 0. The molecule has 0 unspecified atom stereocenters. The van der Waals surface area contributed by atoms with E-state index in [2.05, 4.69) is 0 Å². The third-order valence-corrected chi connectivity index (χ3v) is 4.67. The molecule has 3 aliphatic rings. The molecule has 3 saturated heterocycles. The Labute approximate surface area is 157 Å². The van der Waals surface area contributed by atoms with E-state index in [0.717, 1.165) is 0 Å². The maximum Gasteiger partial charge on any atom is 0.343 e. The van der Waals surface area contributed by atoms with Crippen LogP contribution in [-0.4, -0.2) is 55.4 Å². The van der Waals surface area contributed by atoms with E-state index in [1.807, 2.05) is 0 Å². The fraction of sp³-hybridized carbons (Fsp3) is 0.632. The molecular formula is C19H24O8. The summed E-state index contributed by atoms with van der Waals surface area (Å²) in [5, 5.41) is 0. The highest BCUT2D eigenvalue weighted by atomic mass is 16.9. The van der Waals surface area contributed by atoms with Crippen molar-refractivity contribution in [1.82, 2.24) is 0 Å². The van der Waals surface area contributed by atoms with E-state index in [4.69, 9.17) is 33.2 Å². The summed E-state index contributed by atoms with van der Waals surface area (Å²) >= 11 is 0. The predicted octanol–water partition coefficient (Wildman–Crippen LogP) is 2.00. The van der Waals surface area contributed by atoms with Crippen molar-refractivity contribution in [3.8, 4) is 11.5 Å². The van der Waals surface area contributed by atoms with Gasteiger partial charge in [0.15, 0.2) is 35.5 Å². The topological polar surface area (TPSA) is 81.7 Å². The van der Waals surface area contributed by atoms with Gasteiger partial charge >= 0.3 is 5.97 Å². The Bertz CT molecular complexity index is 730. The molecule has 8 heteroatoms. The number of benzene rings is 1. The first kappa shape index (κ1) is 18.6. The van der Waals surface area contributed by atoms with Crippen LogP contribution in [0.2, 0.25) is 0 Å². The first-order valence-electron chi connectivity index (χ1n) is 8.90. The van der Waals surface area contributed by atoms with Crippen LogP contribution in [0.15, 0.2) is 24.3 Å². The minimum atomic E-state index is -1.03. The Morgan fingerprint density at radius 3 is 2.19 bits per heavy atom. The van der Waals surface area contributed by atoms with Crippen molar-refractivity contribution in [3.05, 3.63) is 24.3 Å². The molecule has 0 radical (unpaired) electrons. The van der Waals surface area contributed by atoms with Gasteiger partial charge in [0.2, 0.25) is 0 Å². The van der Waals surface area contributed by atoms with Gasteiger partial charge in [0, 0.05) is 0 Å². The summed E-state index contributed by atoms with van der Waals surface area (Å²) in [5.41, 5.74) is 0. The number of esters is 1. The first-order chi connectivity index (χ1) is 12.7. The maximum atomic E-state index is 12.9. The molecule has 3 heterocycles. The maximum absolute atomic E-state index is 12.9. The summed E-state index contributed by atoms with van der Waals surface area (Å²) in [6.45, 7) is 7.13. The molecule has 3 fully saturated rings. The lowest BCUT2D eigenvalue weighted by atomic mass is 9.99. The number of methoxy groups -OCH3 is 1. The molecular weight excluding hydrogens is 356 g/mol. The molecule has 0 N–H and O–H groups in total. The summed E-state index contributed by atoms with van der Waals surface area (Å²) in [6.07, 6.45) is -3.48. The third kappa shape index (κ3) is 3.43. The molecule has 0 aromatic heterocycles. The lowest BCUT2D eigenvalue weighted by molar-refractivity contribution is -0.236. The van der Waals surface area contributed by atoms with Crippen LogP contribution in [0.5, 0.6) is 11.5 Å². The number of fused-ring (bicyclic) bond motifs is 3. The lowest BCUT2D eigenvalue weighted by Gasteiger charge is -2.35. The van der Waals surface area contributed by atoms with Crippen LogP contribution in [0.3, 0.4) is 0 Å². The minimum Gasteiger partial charge on any atom is -0.493 e. The summed E-state index contributed by atoms with van der Waals surface area (Å²) in [4.78, 5) is 12.9. The Morgan fingerprint density at radius 1 is 0.889 bits per heavy atom. The van der Waals surface area contributed by atoms with Gasteiger partial charge < -0.3 is 33.2 Å². The Kier molecular flexibility index (Phi) is 4.44. The van der Waals surface area contributed by atoms with Gasteiger partial charge in [-0.2, -0.15) is 0 Å². The van der Waals surface area contributed by atoms with Crippen LogP contribution in [0.4, 0.5) is 0 Å². The molecule has 0 spiro atoms. The van der Waals surface area contributed by atoms with Gasteiger partial charge in [0.05, 0.1) is 7.11 Å². The van der Waals surface area contributed by atoms with Gasteiger partial charge in [-0.25, -0.2) is 4.79 Å². The SMILES string of the molecule is COc1ccccc1OC(=O)[C@H]1O[C@H]2OC(C)(C)O[C@H]2[C@@H]2OC(C)(C)O[C@@H]21. The van der Waals surface area contributed by atoms with E-state index in [1.54, 1.807) is 52.0 Å². The second-order valence-corrected chi connectivity index (χ2v) is 7.66. The molecule has 0 saturated carbocycles. The molecule has 8 nitrogen and oxygen atoms in total. The molecule has 0 aliphatic carbocycles. The Morgan fingerprint density at radius 2 is 1.48 bits per heavy atom. The molecule has 0 bridgehead atoms. The fourth-order valence-electron chi connectivity index (χ4n) is 3.67. The average Bonchev–Trinajstić information content (AvgIpc) is 3.08. The number of para-hydroxylation sites is 2. The van der Waals surface area contributed by atoms with Crippen molar-refractivity contribution in [2.75, 3.05) is 7.11 Å². The van der Waals surface area contributed by atoms with Gasteiger partial charge in [-0.05, 0) is 39.8 Å². The van der Waals surface area contributed by atoms with Crippen molar-refractivity contribution in [3.63, 3.8) is 0 Å². The number of hydrogen-bond acceptors (Lipinski definition) is 8. The smallest absolute Gasteiger partial charge is 0.343 e. The highest BCUT2D eigenvalue weighted by molar-refractivity contribution is 5.79. The summed E-state index contributed by atoms with van der Waals surface area (Å²) in [6, 6.07) is 6.89. The van der Waals surface area contributed by atoms with Crippen LogP contribution >= 0.6 is 0 Å². The molecule has 148 valence electrons. The van der Waals surface area contributed by atoms with E-state index < -0.39 is 48.2 Å². The van der Waals surface area contributed by atoms with E-state index in [1.165, 1.54) is 7.11 Å². The predicted molar refractivity (Wildman–Crippen MR) is 91.2 cm³/mol. The third-order valence-electron chi connectivity index (χ3n) is 4.67. The quantitative estimate of drug-likeness (QED) is 0.582. The zero-order chi connectivity index (χ0) is 19.4. The molecule has 1 aromatic rings. The van der Waals surface area contributed by atoms with E-state index >= 15 is 0 Å². The van der Waals surface area contributed by atoms with Crippen LogP contribution in [0.25, 0.3) is 0 Å². The molecule has 3 aliphatic heterocycles. The largest absolute Gasteiger partial charge is 0.493 e.